The third-order valence-corrected chi connectivity index (χ3v) is 12.1. The Morgan fingerprint density at radius 2 is 1.46 bits per heavy atom. The van der Waals surface area contributed by atoms with Gasteiger partial charge in [0.1, 0.15) is 11.6 Å². The molecule has 2 heterocycles. The minimum absolute atomic E-state index is 0. The van der Waals surface area contributed by atoms with E-state index in [1.165, 1.54) is 5.56 Å². The summed E-state index contributed by atoms with van der Waals surface area (Å²) in [6.07, 6.45) is 0.341. The first-order valence-corrected chi connectivity index (χ1v) is 21.4. The Morgan fingerprint density at radius 3 is 2.13 bits per heavy atom. The average Bonchev–Trinajstić information content (AvgIpc) is 3.71. The number of aromatic hydroxyl groups is 1. The maximum absolute atomic E-state index is 12.4. The molecule has 0 amide bonds. The van der Waals surface area contributed by atoms with Gasteiger partial charge in [-0.3, -0.25) is 9.55 Å². The van der Waals surface area contributed by atoms with E-state index in [0.29, 0.717) is 28.0 Å². The molecule has 0 aliphatic heterocycles. The Bertz CT molecular complexity index is 3420. The Hall–Kier alpha value is -5.57. The molecule has 0 bridgehead atoms. The van der Waals surface area contributed by atoms with Crippen molar-refractivity contribution < 1.29 is 39.9 Å². The van der Waals surface area contributed by atoms with Crippen molar-refractivity contribution in [3.05, 3.63) is 167 Å². The van der Waals surface area contributed by atoms with Gasteiger partial charge in [-0.15, -0.1) is 29.3 Å². The molecule has 5 heteroatoms. The fourth-order valence-electron chi connectivity index (χ4n) is 7.85. The number of hydrogen-bond acceptors (Lipinski definition) is 3. The minimum Gasteiger partial charge on any atom is -0.507 e. The van der Waals surface area contributed by atoms with Gasteiger partial charge in [-0.05, 0) is 99.6 Å². The SMILES string of the molecule is [2H]c1nc(-c2[c-]c(-c3cccc4c3nc(-c3cc(C(C)C)cc(C(C)C)c3O)n4-c3ccc(C(C)(C)CC)cc3-c3ccccc3)cc(C(C)(C)C)c2)c([2H])c(-c2c([2H])c([2H])c(C([2H])([2H])[2H])c([2H])c2[2H])c1[2H].[Pt]. The van der Waals surface area contributed by atoms with Crippen molar-refractivity contribution in [3.63, 3.8) is 0 Å². The zero-order valence-electron chi connectivity index (χ0n) is 47.6. The van der Waals surface area contributed by atoms with Crippen LogP contribution in [0.4, 0.5) is 0 Å². The minimum atomic E-state index is -2.97. The van der Waals surface area contributed by atoms with Crippen molar-refractivity contribution in [2.75, 3.05) is 0 Å². The van der Waals surface area contributed by atoms with Crippen molar-refractivity contribution in [3.8, 4) is 67.5 Å². The van der Waals surface area contributed by atoms with Gasteiger partial charge < -0.3 is 5.11 Å². The summed E-state index contributed by atoms with van der Waals surface area (Å²) >= 11 is 0. The van der Waals surface area contributed by atoms with E-state index < -0.39 is 65.8 Å². The molecule has 0 spiro atoms. The maximum atomic E-state index is 12.4. The van der Waals surface area contributed by atoms with Crippen molar-refractivity contribution in [1.82, 2.24) is 14.5 Å². The molecule has 6 aromatic carbocycles. The summed E-state index contributed by atoms with van der Waals surface area (Å²) in [4.78, 5) is 9.97. The number of phenolic OH excluding ortho intramolecular Hbond substituents is 1. The van der Waals surface area contributed by atoms with E-state index in [2.05, 4.69) is 100 Å². The van der Waals surface area contributed by atoms with Crippen LogP contribution in [0.3, 0.4) is 0 Å². The summed E-state index contributed by atoms with van der Waals surface area (Å²) < 4.78 is 88.3. The van der Waals surface area contributed by atoms with E-state index in [4.69, 9.17) is 17.3 Å². The Labute approximate surface area is 403 Å². The first kappa shape index (κ1) is 33.9. The first-order valence-electron chi connectivity index (χ1n) is 26.4. The first-order chi connectivity index (χ1) is 33.7. The molecule has 0 aliphatic carbocycles. The van der Waals surface area contributed by atoms with Crippen LogP contribution >= 0.6 is 0 Å². The maximum Gasteiger partial charge on any atom is 0.148 e. The number of aromatic nitrogens is 3. The Balaban J connectivity index is 0.00000780. The number of para-hydroxylation sites is 1. The molecule has 0 saturated carbocycles. The molecule has 8 aromatic rings. The molecule has 324 valence electrons. The third-order valence-electron chi connectivity index (χ3n) is 12.1. The van der Waals surface area contributed by atoms with Crippen LogP contribution in [0, 0.1) is 12.9 Å². The molecule has 4 nitrogen and oxygen atoms in total. The molecule has 0 aliphatic rings. The van der Waals surface area contributed by atoms with Gasteiger partial charge in [0.15, 0.2) is 0 Å². The van der Waals surface area contributed by atoms with Crippen LogP contribution in [-0.4, -0.2) is 19.6 Å². The third kappa shape index (κ3) is 8.98. The zero-order valence-corrected chi connectivity index (χ0v) is 39.9. The zero-order chi connectivity index (χ0) is 52.7. The molecular weight excluding hydrogens is 950 g/mol. The van der Waals surface area contributed by atoms with Crippen molar-refractivity contribution in [2.24, 2.45) is 0 Å². The number of benzene rings is 6. The molecule has 63 heavy (non-hydrogen) atoms. The summed E-state index contributed by atoms with van der Waals surface area (Å²) in [5.74, 6) is 0.811. The molecule has 1 N–H and O–H groups in total. The summed E-state index contributed by atoms with van der Waals surface area (Å²) in [6, 6.07) is 30.0. The number of rotatable bonds is 10. The van der Waals surface area contributed by atoms with E-state index >= 15 is 0 Å². The Kier molecular flexibility index (Phi) is 9.63. The van der Waals surface area contributed by atoms with E-state index in [9.17, 15) is 6.48 Å². The molecule has 0 unspecified atom stereocenters. The fourth-order valence-corrected chi connectivity index (χ4v) is 7.85. The number of hydrogen-bond donors (Lipinski definition) is 1. The van der Waals surface area contributed by atoms with Crippen molar-refractivity contribution in [2.45, 2.75) is 105 Å². The van der Waals surface area contributed by atoms with E-state index in [0.717, 1.165) is 45.4 Å². The number of nitrogens with zero attached hydrogens (tertiary/aromatic N) is 3. The summed E-state index contributed by atoms with van der Waals surface area (Å²) in [5, 5.41) is 12.4. The van der Waals surface area contributed by atoms with Gasteiger partial charge in [-0.1, -0.05) is 171 Å². The fraction of sp³-hybridized carbons (Fsp3) is 0.276. The standard InChI is InChI=1S/C58H60N3O.Pt/c1-12-58(10,11)45-25-26-52(49(35-45)40-17-14-13-15-18-40)61-53-20-16-19-47(54(53)60-56(61)50-33-42(36(2)3)32-48(37(4)5)55(50)62)43-29-44(31-46(30-43)57(7,8)9)51-34-41(27-28-59-51)39-23-21-38(6)22-24-39;/h13-28,30-37,62H,12H2,1-11H3;/q-1;/i6D3,21D,22D,23D,24D,27D,28D,34D;. The number of pyridine rings is 1. The van der Waals surface area contributed by atoms with Crippen LogP contribution in [0.1, 0.15) is 129 Å². The molecule has 0 fully saturated rings. The molecule has 2 aromatic heterocycles. The van der Waals surface area contributed by atoms with Crippen LogP contribution < -0.4 is 0 Å². The van der Waals surface area contributed by atoms with Crippen molar-refractivity contribution >= 4 is 11.0 Å². The topological polar surface area (TPSA) is 50.9 Å². The van der Waals surface area contributed by atoms with Crippen LogP contribution in [-0.2, 0) is 31.9 Å². The van der Waals surface area contributed by atoms with Gasteiger partial charge >= 0.3 is 0 Å². The van der Waals surface area contributed by atoms with E-state index in [-0.39, 0.29) is 60.9 Å². The molecule has 0 radical (unpaired) electrons. The van der Waals surface area contributed by atoms with Crippen molar-refractivity contribution in [1.29, 1.82) is 0 Å². The Morgan fingerprint density at radius 1 is 0.730 bits per heavy atom. The normalized spacial score (nSPS) is 14.5. The van der Waals surface area contributed by atoms with Crippen LogP contribution in [0.5, 0.6) is 5.75 Å². The van der Waals surface area contributed by atoms with Gasteiger partial charge in [0.25, 0.3) is 0 Å². The molecular formula is C58H60N3OPt-. The van der Waals surface area contributed by atoms with Gasteiger partial charge in [-0.25, -0.2) is 4.98 Å². The average molecular weight is 1020 g/mol. The molecule has 0 saturated heterocycles. The number of imidazole rings is 1. The predicted octanol–water partition coefficient (Wildman–Crippen LogP) is 15.8. The monoisotopic (exact) mass is 1020 g/mol. The second-order valence-corrected chi connectivity index (χ2v) is 18.5. The molecule has 8 rings (SSSR count). The van der Waals surface area contributed by atoms with E-state index in [1.807, 2.05) is 75.4 Å². The predicted molar refractivity (Wildman–Crippen MR) is 261 cm³/mol. The smallest absolute Gasteiger partial charge is 0.148 e. The number of phenols is 1. The van der Waals surface area contributed by atoms with Gasteiger partial charge in [-0.2, -0.15) is 0 Å². The van der Waals surface area contributed by atoms with Gasteiger partial charge in [0.2, 0.25) is 0 Å². The largest absolute Gasteiger partial charge is 0.507 e. The van der Waals surface area contributed by atoms with Gasteiger partial charge in [0.05, 0.1) is 31.9 Å². The van der Waals surface area contributed by atoms with Crippen LogP contribution in [0.2, 0.25) is 0 Å². The molecule has 0 atom stereocenters. The van der Waals surface area contributed by atoms with Crippen LogP contribution in [0.25, 0.3) is 72.7 Å². The second-order valence-electron chi connectivity index (χ2n) is 18.5. The summed E-state index contributed by atoms with van der Waals surface area (Å²) in [5.41, 5.74) is 7.79. The van der Waals surface area contributed by atoms with Gasteiger partial charge in [0, 0.05) is 42.6 Å². The van der Waals surface area contributed by atoms with E-state index in [1.54, 1.807) is 0 Å². The number of fused-ring (bicyclic) bond motifs is 1. The summed E-state index contributed by atoms with van der Waals surface area (Å²) in [7, 11) is 0. The summed E-state index contributed by atoms with van der Waals surface area (Å²) in [6.45, 7) is 18.2. The van der Waals surface area contributed by atoms with Crippen LogP contribution in [0.15, 0.2) is 133 Å². The quantitative estimate of drug-likeness (QED) is 0.139. The second kappa shape index (κ2) is 17.9.